The van der Waals surface area contributed by atoms with E-state index < -0.39 is 0 Å². The number of nitrogens with zero attached hydrogens (tertiary/aromatic N) is 1. The second-order valence-corrected chi connectivity index (χ2v) is 12.3. The zero-order valence-corrected chi connectivity index (χ0v) is 32.7. The van der Waals surface area contributed by atoms with Crippen LogP contribution in [0.1, 0.15) is 51.0 Å². The molecule has 0 aromatic heterocycles. The first-order chi connectivity index (χ1) is 26.7. The van der Waals surface area contributed by atoms with E-state index in [0.29, 0.717) is 132 Å². The van der Waals surface area contributed by atoms with Crippen LogP contribution in [0.3, 0.4) is 0 Å². The molecule has 14 nitrogen and oxygen atoms in total. The maximum absolute atomic E-state index is 11.4. The molecule has 310 valence electrons. The molecule has 0 saturated heterocycles. The Morgan fingerprint density at radius 1 is 0.407 bits per heavy atom. The molecule has 0 spiro atoms. The monoisotopic (exact) mass is 769 g/mol. The lowest BCUT2D eigenvalue weighted by atomic mass is 10.0. The van der Waals surface area contributed by atoms with Crippen molar-refractivity contribution < 1.29 is 61.7 Å². The molecule has 0 fully saturated rings. The minimum atomic E-state index is -0.306. The van der Waals surface area contributed by atoms with Gasteiger partial charge in [-0.1, -0.05) is 51.2 Å². The van der Waals surface area contributed by atoms with Crippen molar-refractivity contribution in [2.75, 3.05) is 145 Å². The third-order valence-corrected chi connectivity index (χ3v) is 7.95. The Kier molecular flexibility index (Phi) is 31.9. The lowest BCUT2D eigenvalue weighted by Crippen LogP contribution is -2.33. The summed E-state index contributed by atoms with van der Waals surface area (Å²) < 4.78 is 60.6. The van der Waals surface area contributed by atoms with Crippen LogP contribution in [0.4, 0.5) is 0 Å². The van der Waals surface area contributed by atoms with Crippen molar-refractivity contribution in [2.24, 2.45) is 0 Å². The van der Waals surface area contributed by atoms with Crippen LogP contribution in [0.25, 0.3) is 0 Å². The highest BCUT2D eigenvalue weighted by atomic mass is 16.6. The van der Waals surface area contributed by atoms with Gasteiger partial charge in [-0.15, -0.1) is 0 Å². The molecular formula is C40H67NO13. The number of hydrogen-bond acceptors (Lipinski definition) is 13. The van der Waals surface area contributed by atoms with Crippen LogP contribution < -0.4 is 4.74 Å². The molecule has 54 heavy (non-hydrogen) atoms. The quantitative estimate of drug-likeness (QED) is 0.0700. The van der Waals surface area contributed by atoms with Crippen molar-refractivity contribution in [2.45, 2.75) is 51.9 Å². The molecule has 0 radical (unpaired) electrons. The summed E-state index contributed by atoms with van der Waals surface area (Å²) >= 11 is 0. The van der Waals surface area contributed by atoms with Crippen LogP contribution in [0.2, 0.25) is 0 Å². The maximum Gasteiger partial charge on any atom is 0.253 e. The third-order valence-electron chi connectivity index (χ3n) is 7.95. The number of aryl methyl sites for hydroxylation is 1. The summed E-state index contributed by atoms with van der Waals surface area (Å²) in [5.41, 5.74) is 1.37. The van der Waals surface area contributed by atoms with E-state index in [9.17, 15) is 9.59 Å². The number of imide groups is 1. The smallest absolute Gasteiger partial charge is 0.253 e. The second kappa shape index (κ2) is 36.2. The van der Waals surface area contributed by atoms with E-state index in [1.807, 2.05) is 12.1 Å². The minimum absolute atomic E-state index is 0.240. The Morgan fingerprint density at radius 2 is 0.741 bits per heavy atom. The second-order valence-electron chi connectivity index (χ2n) is 12.3. The summed E-state index contributed by atoms with van der Waals surface area (Å²) in [6.45, 7) is 12.4. The molecule has 0 atom stereocenters. The molecule has 14 heteroatoms. The topological polar surface area (TPSA) is 139 Å². The van der Waals surface area contributed by atoms with E-state index in [0.717, 1.165) is 17.1 Å². The first kappa shape index (κ1) is 47.7. The van der Waals surface area contributed by atoms with Gasteiger partial charge < -0.3 is 52.1 Å². The average molecular weight is 770 g/mol. The normalized spacial score (nSPS) is 12.8. The summed E-state index contributed by atoms with van der Waals surface area (Å²) in [4.78, 5) is 24.0. The Labute approximate surface area is 322 Å². The standard InChI is InChI=1S/C40H67NO13/c1-2-3-4-5-6-7-8-37-9-11-38(12-10-37)54-36-35-53-34-33-52-32-31-51-30-29-50-28-27-49-26-25-48-24-23-47-22-21-46-20-19-45-18-17-44-16-15-41-39(42)13-14-40(41)43/h9-14H,2-8,15-36H2,1H3. The molecule has 1 aromatic rings. The van der Waals surface area contributed by atoms with Gasteiger partial charge >= 0.3 is 0 Å². The van der Waals surface area contributed by atoms with Gasteiger partial charge in [-0.2, -0.15) is 0 Å². The van der Waals surface area contributed by atoms with Crippen molar-refractivity contribution in [1.29, 1.82) is 0 Å². The molecule has 2 rings (SSSR count). The Bertz CT molecular complexity index is 1030. The van der Waals surface area contributed by atoms with Gasteiger partial charge in [0, 0.05) is 12.2 Å². The number of hydrogen-bond donors (Lipinski definition) is 0. The largest absolute Gasteiger partial charge is 0.491 e. The number of unbranched alkanes of at least 4 members (excludes halogenated alkanes) is 5. The molecule has 0 N–H and O–H groups in total. The Hall–Kier alpha value is -2.50. The SMILES string of the molecule is CCCCCCCCc1ccc(OCCOCCOCCOCCOCCOCCOCCOCCOCCOCCOCCN2C(=O)C=CC2=O)cc1. The molecule has 1 aromatic carbocycles. The summed E-state index contributed by atoms with van der Waals surface area (Å²) in [6, 6.07) is 8.42. The first-order valence-electron chi connectivity index (χ1n) is 19.7. The molecule has 1 aliphatic heterocycles. The number of ether oxygens (including phenoxy) is 11. The average Bonchev–Trinajstić information content (AvgIpc) is 3.51. The van der Waals surface area contributed by atoms with Crippen LogP contribution >= 0.6 is 0 Å². The highest BCUT2D eigenvalue weighted by molar-refractivity contribution is 6.12. The third kappa shape index (κ3) is 28.0. The molecule has 0 aliphatic carbocycles. The fourth-order valence-electron chi connectivity index (χ4n) is 4.97. The summed E-state index contributed by atoms with van der Waals surface area (Å²) in [5, 5.41) is 0. The zero-order chi connectivity index (χ0) is 38.4. The van der Waals surface area contributed by atoms with Crippen LogP contribution in [0.15, 0.2) is 36.4 Å². The maximum atomic E-state index is 11.4. The van der Waals surface area contributed by atoms with Gasteiger partial charge in [0.15, 0.2) is 0 Å². The van der Waals surface area contributed by atoms with E-state index in [1.165, 1.54) is 56.2 Å². The predicted octanol–water partition coefficient (Wildman–Crippen LogP) is 4.06. The zero-order valence-electron chi connectivity index (χ0n) is 32.7. The predicted molar refractivity (Wildman–Crippen MR) is 203 cm³/mol. The highest BCUT2D eigenvalue weighted by Gasteiger charge is 2.22. The van der Waals surface area contributed by atoms with Crippen LogP contribution in [0, 0.1) is 0 Å². The molecule has 0 saturated carbocycles. The number of benzene rings is 1. The molecule has 0 unspecified atom stereocenters. The van der Waals surface area contributed by atoms with Gasteiger partial charge in [0.1, 0.15) is 12.4 Å². The molecule has 1 aliphatic rings. The number of amides is 2. The lowest BCUT2D eigenvalue weighted by molar-refractivity contribution is -0.137. The highest BCUT2D eigenvalue weighted by Crippen LogP contribution is 2.15. The van der Waals surface area contributed by atoms with Crippen molar-refractivity contribution >= 4 is 11.8 Å². The first-order valence-corrected chi connectivity index (χ1v) is 19.7. The van der Waals surface area contributed by atoms with E-state index in [-0.39, 0.29) is 25.0 Å². The van der Waals surface area contributed by atoms with Gasteiger partial charge in [0.05, 0.1) is 139 Å². The van der Waals surface area contributed by atoms with Crippen molar-refractivity contribution in [3.05, 3.63) is 42.0 Å². The molecular weight excluding hydrogens is 702 g/mol. The summed E-state index contributed by atoms with van der Waals surface area (Å²) in [6.07, 6.45) is 11.6. The van der Waals surface area contributed by atoms with Gasteiger partial charge in [-0.3, -0.25) is 14.5 Å². The minimum Gasteiger partial charge on any atom is -0.491 e. The Morgan fingerprint density at radius 3 is 1.13 bits per heavy atom. The van der Waals surface area contributed by atoms with Gasteiger partial charge in [0.2, 0.25) is 0 Å². The Balaban J connectivity index is 1.17. The summed E-state index contributed by atoms with van der Waals surface area (Å²) in [5.74, 6) is 0.268. The number of carbonyl (C=O) groups excluding carboxylic acids is 2. The van der Waals surface area contributed by atoms with Crippen molar-refractivity contribution in [3.63, 3.8) is 0 Å². The number of rotatable bonds is 41. The van der Waals surface area contributed by atoms with E-state index in [4.69, 9.17) is 52.1 Å². The van der Waals surface area contributed by atoms with Gasteiger partial charge in [-0.05, 0) is 30.5 Å². The molecule has 0 bridgehead atoms. The van der Waals surface area contributed by atoms with Crippen LogP contribution in [-0.2, 0) is 63.4 Å². The number of carbonyl (C=O) groups is 2. The molecule has 1 heterocycles. The fourth-order valence-corrected chi connectivity index (χ4v) is 4.97. The van der Waals surface area contributed by atoms with Crippen molar-refractivity contribution in [1.82, 2.24) is 4.90 Å². The summed E-state index contributed by atoms with van der Waals surface area (Å²) in [7, 11) is 0. The molecule has 2 amide bonds. The lowest BCUT2D eigenvalue weighted by Gasteiger charge is -2.13. The van der Waals surface area contributed by atoms with E-state index >= 15 is 0 Å². The fraction of sp³-hybridized carbons (Fsp3) is 0.750. The van der Waals surface area contributed by atoms with E-state index in [1.54, 1.807) is 0 Å². The van der Waals surface area contributed by atoms with Crippen LogP contribution in [0.5, 0.6) is 5.75 Å². The van der Waals surface area contributed by atoms with Crippen molar-refractivity contribution in [3.8, 4) is 5.75 Å². The van der Waals surface area contributed by atoms with Gasteiger partial charge in [0.25, 0.3) is 11.8 Å². The van der Waals surface area contributed by atoms with Crippen LogP contribution in [-0.4, -0.2) is 162 Å². The van der Waals surface area contributed by atoms with E-state index in [2.05, 4.69) is 19.1 Å². The van der Waals surface area contributed by atoms with Gasteiger partial charge in [-0.25, -0.2) is 0 Å².